The summed E-state index contributed by atoms with van der Waals surface area (Å²) in [6.45, 7) is 8.72. The summed E-state index contributed by atoms with van der Waals surface area (Å²) in [6, 6.07) is 4.27. The van der Waals surface area contributed by atoms with Crippen LogP contribution in [0, 0.1) is 5.92 Å². The maximum atomic E-state index is 11.8. The van der Waals surface area contributed by atoms with E-state index in [2.05, 4.69) is 38.3 Å². The minimum atomic E-state index is -0.244. The molecule has 1 atom stereocenters. The van der Waals surface area contributed by atoms with Crippen molar-refractivity contribution in [2.45, 2.75) is 53.0 Å². The number of hydrogen-bond acceptors (Lipinski definition) is 2. The lowest BCUT2D eigenvalue weighted by molar-refractivity contribution is 0.0585. The van der Waals surface area contributed by atoms with E-state index < -0.39 is 0 Å². The van der Waals surface area contributed by atoms with E-state index in [1.165, 1.54) is 12.8 Å². The van der Waals surface area contributed by atoms with Gasteiger partial charge in [-0.3, -0.25) is 0 Å². The number of carbonyl (C=O) groups is 1. The molecule has 0 bridgehead atoms. The molecule has 102 valence electrons. The number of esters is 1. The normalized spacial score (nSPS) is 12.8. The highest BCUT2D eigenvalue weighted by Gasteiger charge is 2.18. The summed E-state index contributed by atoms with van der Waals surface area (Å²) in [5.41, 5.74) is 1.91. The first-order valence-electron chi connectivity index (χ1n) is 6.79. The Labute approximate surface area is 110 Å². The molecular formula is C15H25NO2. The molecule has 0 saturated carbocycles. The van der Waals surface area contributed by atoms with E-state index in [0.29, 0.717) is 17.7 Å². The summed E-state index contributed by atoms with van der Waals surface area (Å²) >= 11 is 0. The summed E-state index contributed by atoms with van der Waals surface area (Å²) in [5.74, 6) is 0.429. The van der Waals surface area contributed by atoms with Crippen LogP contribution in [0.2, 0.25) is 0 Å². The van der Waals surface area contributed by atoms with Crippen molar-refractivity contribution < 1.29 is 9.53 Å². The number of rotatable bonds is 6. The summed E-state index contributed by atoms with van der Waals surface area (Å²) in [6.07, 6.45) is 3.16. The first-order valence-corrected chi connectivity index (χ1v) is 6.79. The lowest BCUT2D eigenvalue weighted by Crippen LogP contribution is -2.16. The average Bonchev–Trinajstić information content (AvgIpc) is 2.78. The van der Waals surface area contributed by atoms with Crippen LogP contribution in [0.15, 0.2) is 12.1 Å². The van der Waals surface area contributed by atoms with Gasteiger partial charge in [-0.05, 0) is 44.2 Å². The second-order valence-electron chi connectivity index (χ2n) is 5.26. The van der Waals surface area contributed by atoms with E-state index in [4.69, 9.17) is 4.74 Å². The standard InChI is InChI=1S/C15H25NO2/c1-6-12(4)16-13(8-7-11(2)3)9-10-14(16)15(17)18-5/h9-12H,6-8H2,1-5H3/t12-/m1/s1. The zero-order valence-corrected chi connectivity index (χ0v) is 12.2. The van der Waals surface area contributed by atoms with Crippen molar-refractivity contribution in [3.05, 3.63) is 23.5 Å². The molecule has 0 aliphatic carbocycles. The van der Waals surface area contributed by atoms with Crippen LogP contribution >= 0.6 is 0 Å². The zero-order chi connectivity index (χ0) is 13.7. The predicted molar refractivity (Wildman–Crippen MR) is 73.9 cm³/mol. The smallest absolute Gasteiger partial charge is 0.354 e. The van der Waals surface area contributed by atoms with Crippen molar-refractivity contribution in [1.29, 1.82) is 0 Å². The molecule has 1 aromatic heterocycles. The Morgan fingerprint density at radius 1 is 1.33 bits per heavy atom. The maximum absolute atomic E-state index is 11.8. The van der Waals surface area contributed by atoms with Gasteiger partial charge in [-0.25, -0.2) is 4.79 Å². The van der Waals surface area contributed by atoms with Crippen molar-refractivity contribution in [2.75, 3.05) is 7.11 Å². The second-order valence-corrected chi connectivity index (χ2v) is 5.26. The molecule has 0 amide bonds. The molecule has 1 rings (SSSR count). The monoisotopic (exact) mass is 251 g/mol. The van der Waals surface area contributed by atoms with Crippen molar-refractivity contribution >= 4 is 5.97 Å². The minimum Gasteiger partial charge on any atom is -0.464 e. The van der Waals surface area contributed by atoms with Gasteiger partial charge in [0.25, 0.3) is 0 Å². The summed E-state index contributed by atoms with van der Waals surface area (Å²) < 4.78 is 6.98. The van der Waals surface area contributed by atoms with Gasteiger partial charge in [-0.2, -0.15) is 0 Å². The van der Waals surface area contributed by atoms with Crippen molar-refractivity contribution in [3.8, 4) is 0 Å². The van der Waals surface area contributed by atoms with E-state index in [1.54, 1.807) is 0 Å². The lowest BCUT2D eigenvalue weighted by Gasteiger charge is -2.19. The van der Waals surface area contributed by atoms with Crippen LogP contribution in [-0.2, 0) is 11.2 Å². The topological polar surface area (TPSA) is 31.2 Å². The molecule has 0 spiro atoms. The van der Waals surface area contributed by atoms with Crippen molar-refractivity contribution in [1.82, 2.24) is 4.57 Å². The summed E-state index contributed by atoms with van der Waals surface area (Å²) in [5, 5.41) is 0. The van der Waals surface area contributed by atoms with Gasteiger partial charge in [0.05, 0.1) is 7.11 Å². The molecule has 3 heteroatoms. The van der Waals surface area contributed by atoms with Gasteiger partial charge in [0.15, 0.2) is 0 Å². The maximum Gasteiger partial charge on any atom is 0.354 e. The fourth-order valence-corrected chi connectivity index (χ4v) is 2.10. The molecule has 1 aromatic rings. The number of hydrogen-bond donors (Lipinski definition) is 0. The minimum absolute atomic E-state index is 0.244. The highest BCUT2D eigenvalue weighted by molar-refractivity contribution is 5.87. The second kappa shape index (κ2) is 6.62. The van der Waals surface area contributed by atoms with Crippen molar-refractivity contribution in [3.63, 3.8) is 0 Å². The van der Waals surface area contributed by atoms with Gasteiger partial charge in [-0.1, -0.05) is 20.8 Å². The Bertz CT molecular complexity index is 393. The van der Waals surface area contributed by atoms with E-state index in [9.17, 15) is 4.79 Å². The lowest BCUT2D eigenvalue weighted by atomic mass is 10.1. The Balaban J connectivity index is 3.03. The SMILES string of the molecule is CC[C@@H](C)n1c(CCC(C)C)ccc1C(=O)OC. The Morgan fingerprint density at radius 3 is 2.50 bits per heavy atom. The van der Waals surface area contributed by atoms with Crippen LogP contribution in [-0.4, -0.2) is 17.6 Å². The molecule has 0 aromatic carbocycles. The van der Waals surface area contributed by atoms with E-state index in [0.717, 1.165) is 19.3 Å². The molecule has 3 nitrogen and oxygen atoms in total. The zero-order valence-electron chi connectivity index (χ0n) is 12.2. The molecule has 0 fully saturated rings. The van der Waals surface area contributed by atoms with E-state index in [-0.39, 0.29) is 5.97 Å². The number of aromatic nitrogens is 1. The van der Waals surface area contributed by atoms with Gasteiger partial charge in [0.2, 0.25) is 0 Å². The highest BCUT2D eigenvalue weighted by Crippen LogP contribution is 2.22. The van der Waals surface area contributed by atoms with E-state index >= 15 is 0 Å². The van der Waals surface area contributed by atoms with Crippen LogP contribution in [0.4, 0.5) is 0 Å². The summed E-state index contributed by atoms with van der Waals surface area (Å²) in [7, 11) is 1.43. The van der Waals surface area contributed by atoms with Gasteiger partial charge < -0.3 is 9.30 Å². The Hall–Kier alpha value is -1.25. The number of aryl methyl sites for hydroxylation is 1. The largest absolute Gasteiger partial charge is 0.464 e. The van der Waals surface area contributed by atoms with Gasteiger partial charge in [-0.15, -0.1) is 0 Å². The van der Waals surface area contributed by atoms with Crippen LogP contribution < -0.4 is 0 Å². The third-order valence-electron chi connectivity index (χ3n) is 3.41. The third kappa shape index (κ3) is 3.37. The quantitative estimate of drug-likeness (QED) is 0.719. The van der Waals surface area contributed by atoms with Crippen molar-refractivity contribution in [2.24, 2.45) is 5.92 Å². The van der Waals surface area contributed by atoms with Crippen LogP contribution in [0.25, 0.3) is 0 Å². The first-order chi connectivity index (χ1) is 8.51. The molecule has 0 aliphatic heterocycles. The summed E-state index contributed by atoms with van der Waals surface area (Å²) in [4.78, 5) is 11.8. The number of nitrogens with zero attached hydrogens (tertiary/aromatic N) is 1. The molecule has 0 saturated heterocycles. The molecule has 0 aliphatic rings. The first kappa shape index (κ1) is 14.8. The average molecular weight is 251 g/mol. The molecule has 18 heavy (non-hydrogen) atoms. The molecular weight excluding hydrogens is 226 g/mol. The van der Waals surface area contributed by atoms with Crippen LogP contribution in [0.5, 0.6) is 0 Å². The van der Waals surface area contributed by atoms with E-state index in [1.807, 2.05) is 6.07 Å². The Kier molecular flexibility index (Phi) is 5.45. The van der Waals surface area contributed by atoms with Gasteiger partial charge in [0, 0.05) is 11.7 Å². The fourth-order valence-electron chi connectivity index (χ4n) is 2.10. The number of ether oxygens (including phenoxy) is 1. The van der Waals surface area contributed by atoms with Gasteiger partial charge >= 0.3 is 5.97 Å². The number of methoxy groups -OCH3 is 1. The highest BCUT2D eigenvalue weighted by atomic mass is 16.5. The Morgan fingerprint density at radius 2 is 2.00 bits per heavy atom. The molecule has 0 unspecified atom stereocenters. The van der Waals surface area contributed by atoms with Crippen LogP contribution in [0.1, 0.15) is 62.8 Å². The molecule has 0 radical (unpaired) electrons. The number of carbonyl (C=O) groups excluding carboxylic acids is 1. The predicted octanol–water partition coefficient (Wildman–Crippen LogP) is 3.83. The fraction of sp³-hybridized carbons (Fsp3) is 0.667. The molecule has 1 heterocycles. The molecule has 0 N–H and O–H groups in total. The van der Waals surface area contributed by atoms with Crippen LogP contribution in [0.3, 0.4) is 0 Å². The van der Waals surface area contributed by atoms with Gasteiger partial charge in [0.1, 0.15) is 5.69 Å². The third-order valence-corrected chi connectivity index (χ3v) is 3.41.